The maximum atomic E-state index is 5.33. The number of rotatable bonds is 7. The van der Waals surface area contributed by atoms with Crippen molar-refractivity contribution in [2.45, 2.75) is 33.2 Å². The minimum absolute atomic E-state index is 0. The second-order valence-corrected chi connectivity index (χ2v) is 4.46. The topological polar surface area (TPSA) is 21.7 Å². The van der Waals surface area contributed by atoms with Gasteiger partial charge in [0.2, 0.25) is 0 Å². The van der Waals surface area contributed by atoms with E-state index in [9.17, 15) is 0 Å². The third kappa shape index (κ3) is 4.92. The fourth-order valence-electron chi connectivity index (χ4n) is 2.32. The maximum Gasteiger partial charge on any atom is 0.160 e. The Morgan fingerprint density at radius 2 is 1.63 bits per heavy atom. The Hall–Kier alpha value is -0.930. The van der Waals surface area contributed by atoms with Crippen LogP contribution in [0.5, 0.6) is 11.5 Å². The van der Waals surface area contributed by atoms with Gasteiger partial charge in [0.05, 0.1) is 14.2 Å². The SMILES string of the molecule is CCN(CC)C(C)Cc1ccc(OC)c(OC)c1.Cl. The summed E-state index contributed by atoms with van der Waals surface area (Å²) >= 11 is 0. The predicted octanol–water partition coefficient (Wildman–Crippen LogP) is 3.40. The van der Waals surface area contributed by atoms with Crippen LogP contribution in [0, 0.1) is 0 Å². The van der Waals surface area contributed by atoms with E-state index < -0.39 is 0 Å². The molecule has 0 N–H and O–H groups in total. The molecule has 3 nitrogen and oxygen atoms in total. The summed E-state index contributed by atoms with van der Waals surface area (Å²) in [5.74, 6) is 1.60. The standard InChI is InChI=1S/C15H25NO2.ClH/c1-6-16(7-2)12(3)10-13-8-9-14(17-4)15(11-13)18-5;/h8-9,11-12H,6-7,10H2,1-5H3;1H. The second kappa shape index (κ2) is 9.05. The smallest absolute Gasteiger partial charge is 0.160 e. The van der Waals surface area contributed by atoms with Crippen molar-refractivity contribution in [3.63, 3.8) is 0 Å². The van der Waals surface area contributed by atoms with Crippen molar-refractivity contribution < 1.29 is 9.47 Å². The van der Waals surface area contributed by atoms with Gasteiger partial charge >= 0.3 is 0 Å². The van der Waals surface area contributed by atoms with Gasteiger partial charge in [-0.2, -0.15) is 0 Å². The Balaban J connectivity index is 0.00000324. The minimum Gasteiger partial charge on any atom is -0.493 e. The molecule has 1 rings (SSSR count). The largest absolute Gasteiger partial charge is 0.493 e. The zero-order valence-electron chi connectivity index (χ0n) is 12.6. The quantitative estimate of drug-likeness (QED) is 0.767. The summed E-state index contributed by atoms with van der Waals surface area (Å²) in [6.45, 7) is 8.85. The van der Waals surface area contributed by atoms with E-state index in [1.54, 1.807) is 14.2 Å². The summed E-state index contributed by atoms with van der Waals surface area (Å²) < 4.78 is 10.6. The predicted molar refractivity (Wildman–Crippen MR) is 82.9 cm³/mol. The third-order valence-corrected chi connectivity index (χ3v) is 3.41. The fraction of sp³-hybridized carbons (Fsp3) is 0.600. The van der Waals surface area contributed by atoms with Crippen LogP contribution in [0.15, 0.2) is 18.2 Å². The summed E-state index contributed by atoms with van der Waals surface area (Å²) in [6, 6.07) is 6.70. The number of likely N-dealkylation sites (N-methyl/N-ethyl adjacent to an activating group) is 1. The van der Waals surface area contributed by atoms with Gasteiger partial charge in [-0.15, -0.1) is 12.4 Å². The summed E-state index contributed by atoms with van der Waals surface area (Å²) in [6.07, 6.45) is 1.03. The van der Waals surface area contributed by atoms with Gasteiger partial charge < -0.3 is 14.4 Å². The Morgan fingerprint density at radius 1 is 1.05 bits per heavy atom. The van der Waals surface area contributed by atoms with Crippen molar-refractivity contribution in [2.24, 2.45) is 0 Å². The zero-order valence-corrected chi connectivity index (χ0v) is 13.4. The molecular weight excluding hydrogens is 262 g/mol. The molecule has 19 heavy (non-hydrogen) atoms. The van der Waals surface area contributed by atoms with Crippen LogP contribution < -0.4 is 9.47 Å². The van der Waals surface area contributed by atoms with E-state index in [1.807, 2.05) is 6.07 Å². The van der Waals surface area contributed by atoms with Crippen molar-refractivity contribution in [1.82, 2.24) is 4.90 Å². The molecule has 1 atom stereocenters. The lowest BCUT2D eigenvalue weighted by molar-refractivity contribution is 0.230. The molecule has 1 unspecified atom stereocenters. The van der Waals surface area contributed by atoms with Crippen LogP contribution >= 0.6 is 12.4 Å². The first-order valence-corrected chi connectivity index (χ1v) is 6.61. The average molecular weight is 288 g/mol. The molecule has 1 aromatic carbocycles. The van der Waals surface area contributed by atoms with Crippen molar-refractivity contribution in [3.8, 4) is 11.5 Å². The van der Waals surface area contributed by atoms with Gasteiger partial charge in [-0.05, 0) is 44.1 Å². The lowest BCUT2D eigenvalue weighted by Gasteiger charge is -2.26. The number of ether oxygens (including phenoxy) is 2. The molecular formula is C15H26ClNO2. The zero-order chi connectivity index (χ0) is 13.5. The normalized spacial score (nSPS) is 11.9. The van der Waals surface area contributed by atoms with E-state index in [0.717, 1.165) is 31.0 Å². The molecule has 0 aromatic heterocycles. The van der Waals surface area contributed by atoms with E-state index in [0.29, 0.717) is 6.04 Å². The van der Waals surface area contributed by atoms with Crippen LogP contribution in [0.25, 0.3) is 0 Å². The Kier molecular flexibility index (Phi) is 8.61. The van der Waals surface area contributed by atoms with Gasteiger partial charge in [0.1, 0.15) is 0 Å². The van der Waals surface area contributed by atoms with Gasteiger partial charge in [-0.1, -0.05) is 19.9 Å². The summed E-state index contributed by atoms with van der Waals surface area (Å²) in [5, 5.41) is 0. The molecule has 0 heterocycles. The highest BCUT2D eigenvalue weighted by Crippen LogP contribution is 2.28. The van der Waals surface area contributed by atoms with E-state index in [4.69, 9.17) is 9.47 Å². The maximum absolute atomic E-state index is 5.33. The number of hydrogen-bond acceptors (Lipinski definition) is 3. The number of benzene rings is 1. The van der Waals surface area contributed by atoms with Crippen LogP contribution in [0.4, 0.5) is 0 Å². The molecule has 0 spiro atoms. The number of nitrogens with zero attached hydrogens (tertiary/aromatic N) is 1. The highest BCUT2D eigenvalue weighted by molar-refractivity contribution is 5.85. The molecule has 0 radical (unpaired) electrons. The Labute approximate surface area is 123 Å². The van der Waals surface area contributed by atoms with E-state index in [-0.39, 0.29) is 12.4 Å². The van der Waals surface area contributed by atoms with Crippen molar-refractivity contribution in [2.75, 3.05) is 27.3 Å². The van der Waals surface area contributed by atoms with Crippen LogP contribution in [-0.4, -0.2) is 38.3 Å². The molecule has 0 saturated carbocycles. The molecule has 0 aliphatic carbocycles. The molecule has 0 amide bonds. The number of halogens is 1. The number of methoxy groups -OCH3 is 2. The molecule has 0 bridgehead atoms. The Morgan fingerprint density at radius 3 is 2.11 bits per heavy atom. The molecule has 0 aliphatic heterocycles. The van der Waals surface area contributed by atoms with E-state index in [1.165, 1.54) is 5.56 Å². The fourth-order valence-corrected chi connectivity index (χ4v) is 2.32. The summed E-state index contributed by atoms with van der Waals surface area (Å²) in [5.41, 5.74) is 1.28. The van der Waals surface area contributed by atoms with Crippen LogP contribution in [0.1, 0.15) is 26.3 Å². The molecule has 1 aromatic rings. The van der Waals surface area contributed by atoms with Gasteiger partial charge in [0.15, 0.2) is 11.5 Å². The van der Waals surface area contributed by atoms with Crippen molar-refractivity contribution in [3.05, 3.63) is 23.8 Å². The van der Waals surface area contributed by atoms with E-state index >= 15 is 0 Å². The molecule has 0 saturated heterocycles. The minimum atomic E-state index is 0. The van der Waals surface area contributed by atoms with Gasteiger partial charge in [0, 0.05) is 6.04 Å². The van der Waals surface area contributed by atoms with Gasteiger partial charge in [-0.3, -0.25) is 0 Å². The van der Waals surface area contributed by atoms with Crippen LogP contribution in [0.2, 0.25) is 0 Å². The highest BCUT2D eigenvalue weighted by Gasteiger charge is 2.12. The molecule has 0 fully saturated rings. The first-order chi connectivity index (χ1) is 8.65. The summed E-state index contributed by atoms with van der Waals surface area (Å²) in [7, 11) is 3.34. The first-order valence-electron chi connectivity index (χ1n) is 6.61. The number of hydrogen-bond donors (Lipinski definition) is 0. The van der Waals surface area contributed by atoms with Crippen LogP contribution in [0.3, 0.4) is 0 Å². The van der Waals surface area contributed by atoms with E-state index in [2.05, 4.69) is 37.8 Å². The molecule has 110 valence electrons. The second-order valence-electron chi connectivity index (χ2n) is 4.46. The van der Waals surface area contributed by atoms with Gasteiger partial charge in [0.25, 0.3) is 0 Å². The van der Waals surface area contributed by atoms with Crippen LogP contribution in [-0.2, 0) is 6.42 Å². The monoisotopic (exact) mass is 287 g/mol. The first kappa shape index (κ1) is 18.1. The summed E-state index contributed by atoms with van der Waals surface area (Å²) in [4.78, 5) is 2.46. The highest BCUT2D eigenvalue weighted by atomic mass is 35.5. The molecule has 0 aliphatic rings. The van der Waals surface area contributed by atoms with Crippen molar-refractivity contribution >= 4 is 12.4 Å². The lowest BCUT2D eigenvalue weighted by Crippen LogP contribution is -2.34. The lowest BCUT2D eigenvalue weighted by atomic mass is 10.1. The Bertz CT molecular complexity index is 367. The molecule has 4 heteroatoms. The third-order valence-electron chi connectivity index (χ3n) is 3.41. The average Bonchev–Trinajstić information content (AvgIpc) is 2.40. The van der Waals surface area contributed by atoms with Gasteiger partial charge in [-0.25, -0.2) is 0 Å². The van der Waals surface area contributed by atoms with Crippen molar-refractivity contribution in [1.29, 1.82) is 0 Å².